The number of anilines is 1. The van der Waals surface area contributed by atoms with Crippen LogP contribution in [0.3, 0.4) is 0 Å². The summed E-state index contributed by atoms with van der Waals surface area (Å²) in [7, 11) is 0. The van der Waals surface area contributed by atoms with E-state index in [0.717, 1.165) is 27.3 Å². The first-order valence-electron chi connectivity index (χ1n) is 12.1. The maximum absolute atomic E-state index is 12.7. The molecule has 0 saturated carbocycles. The normalized spacial score (nSPS) is 12.6. The van der Waals surface area contributed by atoms with Crippen molar-refractivity contribution in [2.24, 2.45) is 0 Å². The molecule has 190 valence electrons. The van der Waals surface area contributed by atoms with Crippen molar-refractivity contribution in [1.82, 2.24) is 9.88 Å². The fraction of sp³-hybridized carbons (Fsp3) is 0.286. The van der Waals surface area contributed by atoms with Gasteiger partial charge in [-0.2, -0.15) is 5.26 Å². The topological polar surface area (TPSA) is 105 Å². The maximum Gasteiger partial charge on any atom is 0.410 e. The predicted molar refractivity (Wildman–Crippen MR) is 142 cm³/mol. The van der Waals surface area contributed by atoms with Crippen molar-refractivity contribution in [2.75, 3.05) is 25.1 Å². The molecule has 37 heavy (non-hydrogen) atoms. The number of ether oxygens (including phenoxy) is 2. The second-order valence-electron chi connectivity index (χ2n) is 8.30. The lowest BCUT2D eigenvalue weighted by Crippen LogP contribution is -2.36. The number of thiophene rings is 1. The first kappa shape index (κ1) is 25.9. The summed E-state index contributed by atoms with van der Waals surface area (Å²) in [6.07, 6.45) is 5.84. The largest absolute Gasteiger partial charge is 0.493 e. The molecule has 1 aromatic carbocycles. The van der Waals surface area contributed by atoms with Crippen molar-refractivity contribution in [2.45, 2.75) is 32.7 Å². The summed E-state index contributed by atoms with van der Waals surface area (Å²) in [5, 5.41) is 13.0. The average molecular weight is 517 g/mol. The maximum atomic E-state index is 12.7. The number of benzene rings is 1. The molecule has 0 saturated heterocycles. The molecular weight excluding hydrogens is 488 g/mol. The molecule has 3 aromatic rings. The molecule has 1 N–H and O–H groups in total. The third-order valence-electron chi connectivity index (χ3n) is 5.86. The minimum atomic E-state index is -0.377. The Morgan fingerprint density at radius 3 is 2.86 bits per heavy atom. The van der Waals surface area contributed by atoms with Crippen molar-refractivity contribution in [3.63, 3.8) is 0 Å². The number of carbonyl (C=O) groups is 2. The van der Waals surface area contributed by atoms with Gasteiger partial charge in [0, 0.05) is 46.9 Å². The Hall–Kier alpha value is -4.16. The average Bonchev–Trinajstić information content (AvgIpc) is 3.25. The highest BCUT2D eigenvalue weighted by Gasteiger charge is 2.28. The van der Waals surface area contributed by atoms with Crippen molar-refractivity contribution < 1.29 is 19.1 Å². The summed E-state index contributed by atoms with van der Waals surface area (Å²) in [5.74, 6) is 0.410. The zero-order chi connectivity index (χ0) is 26.0. The van der Waals surface area contributed by atoms with E-state index in [-0.39, 0.29) is 25.0 Å². The van der Waals surface area contributed by atoms with Gasteiger partial charge in [-0.1, -0.05) is 24.3 Å². The lowest BCUT2D eigenvalue weighted by molar-refractivity contribution is -0.111. The fourth-order valence-corrected chi connectivity index (χ4v) is 5.38. The van der Waals surface area contributed by atoms with Crippen LogP contribution in [0.5, 0.6) is 5.75 Å². The molecule has 2 amide bonds. The number of nitrogens with zero attached hydrogens (tertiary/aromatic N) is 3. The van der Waals surface area contributed by atoms with Gasteiger partial charge in [0.1, 0.15) is 10.8 Å². The number of hydrogen-bond donors (Lipinski definition) is 1. The zero-order valence-electron chi connectivity index (χ0n) is 20.6. The Morgan fingerprint density at radius 1 is 1.24 bits per heavy atom. The van der Waals surface area contributed by atoms with Gasteiger partial charge in [-0.05, 0) is 43.2 Å². The van der Waals surface area contributed by atoms with E-state index >= 15 is 0 Å². The van der Waals surface area contributed by atoms with E-state index in [4.69, 9.17) is 9.47 Å². The van der Waals surface area contributed by atoms with Gasteiger partial charge < -0.3 is 19.7 Å². The first-order chi connectivity index (χ1) is 18.1. The predicted octanol–water partition coefficient (Wildman–Crippen LogP) is 5.00. The van der Waals surface area contributed by atoms with Crippen molar-refractivity contribution >= 4 is 34.4 Å². The molecule has 8 nitrogen and oxygen atoms in total. The minimum absolute atomic E-state index is 0.187. The van der Waals surface area contributed by atoms with E-state index in [2.05, 4.69) is 16.4 Å². The van der Waals surface area contributed by atoms with E-state index in [9.17, 15) is 14.9 Å². The van der Waals surface area contributed by atoms with Crippen LogP contribution in [0.1, 0.15) is 34.2 Å². The molecule has 0 atom stereocenters. The van der Waals surface area contributed by atoms with E-state index in [1.54, 1.807) is 17.2 Å². The van der Waals surface area contributed by atoms with Gasteiger partial charge in [-0.15, -0.1) is 11.3 Å². The molecular formula is C28H28N4O4S. The molecule has 0 spiro atoms. The van der Waals surface area contributed by atoms with Crippen LogP contribution in [-0.4, -0.2) is 41.6 Å². The molecule has 0 unspecified atom stereocenters. The summed E-state index contributed by atoms with van der Waals surface area (Å²) >= 11 is 1.40. The standard InChI is InChI=1S/C28H28N4O4S/c1-2-35-24-9-4-3-7-20(24)10-11-26(33)31-27-23(12-15-29)22-13-17-32(19-25(22)37-27)28(34)36-18-14-21-8-5-6-16-30-21/h3-11,16H,2,12-14,17-19H2,1H3,(H,31,33)/b11-10+. The van der Waals surface area contributed by atoms with E-state index in [1.807, 2.05) is 49.4 Å². The quantitative estimate of drug-likeness (QED) is 0.402. The van der Waals surface area contributed by atoms with Crippen LogP contribution in [-0.2, 0) is 35.3 Å². The highest BCUT2D eigenvalue weighted by Crippen LogP contribution is 2.37. The Labute approximate surface area is 220 Å². The van der Waals surface area contributed by atoms with Crippen LogP contribution in [0.4, 0.5) is 9.80 Å². The summed E-state index contributed by atoms with van der Waals surface area (Å²) in [4.78, 5) is 32.2. The van der Waals surface area contributed by atoms with Gasteiger partial charge in [-0.25, -0.2) is 4.79 Å². The van der Waals surface area contributed by atoms with Crippen molar-refractivity contribution in [1.29, 1.82) is 5.26 Å². The Bertz CT molecular complexity index is 1310. The summed E-state index contributed by atoms with van der Waals surface area (Å²) < 4.78 is 11.1. The van der Waals surface area contributed by atoms with Gasteiger partial charge in [0.15, 0.2) is 0 Å². The number of nitrogens with one attached hydrogen (secondary N) is 1. The SMILES string of the molecule is CCOc1ccccc1/C=C/C(=O)Nc1sc2c(c1CC#N)CCN(C(=O)OCCc1ccccn1)C2. The molecule has 3 heterocycles. The third-order valence-corrected chi connectivity index (χ3v) is 7.03. The number of hydrogen-bond acceptors (Lipinski definition) is 7. The number of amides is 2. The van der Waals surface area contributed by atoms with Crippen LogP contribution in [0.15, 0.2) is 54.7 Å². The number of para-hydroxylation sites is 1. The van der Waals surface area contributed by atoms with Gasteiger partial charge >= 0.3 is 6.09 Å². The Balaban J connectivity index is 1.40. The molecule has 0 bridgehead atoms. The second kappa shape index (κ2) is 12.7. The number of fused-ring (bicyclic) bond motifs is 1. The van der Waals surface area contributed by atoms with Crippen LogP contribution in [0, 0.1) is 11.3 Å². The summed E-state index contributed by atoms with van der Waals surface area (Å²) in [6, 6.07) is 15.3. The monoisotopic (exact) mass is 516 g/mol. The summed E-state index contributed by atoms with van der Waals surface area (Å²) in [6.45, 7) is 3.57. The van der Waals surface area contributed by atoms with Crippen molar-refractivity contribution in [3.05, 3.63) is 82.0 Å². The van der Waals surface area contributed by atoms with Gasteiger partial charge in [0.25, 0.3) is 0 Å². The molecule has 1 aliphatic rings. The second-order valence-corrected chi connectivity index (χ2v) is 9.40. The first-order valence-corrected chi connectivity index (χ1v) is 12.9. The molecule has 0 radical (unpaired) electrons. The van der Waals surface area contributed by atoms with E-state index in [0.29, 0.717) is 43.3 Å². The Morgan fingerprint density at radius 2 is 2.08 bits per heavy atom. The molecule has 4 rings (SSSR count). The highest BCUT2D eigenvalue weighted by molar-refractivity contribution is 7.16. The number of aromatic nitrogens is 1. The molecule has 0 aliphatic carbocycles. The molecule has 1 aliphatic heterocycles. The number of nitriles is 1. The lowest BCUT2D eigenvalue weighted by atomic mass is 10.0. The van der Waals surface area contributed by atoms with E-state index in [1.165, 1.54) is 17.4 Å². The van der Waals surface area contributed by atoms with Gasteiger partial charge in [-0.3, -0.25) is 9.78 Å². The summed E-state index contributed by atoms with van der Waals surface area (Å²) in [5.41, 5.74) is 3.53. The van der Waals surface area contributed by atoms with E-state index < -0.39 is 0 Å². The lowest BCUT2D eigenvalue weighted by Gasteiger charge is -2.26. The molecule has 9 heteroatoms. The number of pyridine rings is 1. The molecule has 0 fully saturated rings. The van der Waals surface area contributed by atoms with Gasteiger partial charge in [0.2, 0.25) is 5.91 Å². The van der Waals surface area contributed by atoms with Crippen molar-refractivity contribution in [3.8, 4) is 11.8 Å². The fourth-order valence-electron chi connectivity index (χ4n) is 4.10. The Kier molecular flexibility index (Phi) is 8.89. The third kappa shape index (κ3) is 6.74. The van der Waals surface area contributed by atoms with Crippen LogP contribution >= 0.6 is 11.3 Å². The smallest absolute Gasteiger partial charge is 0.410 e. The van der Waals surface area contributed by atoms with Gasteiger partial charge in [0.05, 0.1) is 32.2 Å². The highest BCUT2D eigenvalue weighted by atomic mass is 32.1. The van der Waals surface area contributed by atoms with Crippen LogP contribution in [0.25, 0.3) is 6.08 Å². The van der Waals surface area contributed by atoms with Crippen LogP contribution in [0.2, 0.25) is 0 Å². The minimum Gasteiger partial charge on any atom is -0.493 e. The zero-order valence-corrected chi connectivity index (χ0v) is 21.4. The molecule has 2 aromatic heterocycles. The number of carbonyl (C=O) groups excluding carboxylic acids is 2. The number of rotatable bonds is 9. The van der Waals surface area contributed by atoms with Crippen LogP contribution < -0.4 is 10.1 Å².